The van der Waals surface area contributed by atoms with Gasteiger partial charge in [0.2, 0.25) is 0 Å². The molecule has 15 heteroatoms. The first kappa shape index (κ1) is 57.1. The lowest BCUT2D eigenvalue weighted by Crippen LogP contribution is -2.64. The van der Waals surface area contributed by atoms with Crippen molar-refractivity contribution in [2.75, 3.05) is 13.2 Å². The zero-order valence-corrected chi connectivity index (χ0v) is 39.1. The Bertz CT molecular complexity index is 1510. The minimum atomic E-state index is -5.15. The van der Waals surface area contributed by atoms with Crippen LogP contribution in [0.2, 0.25) is 0 Å². The van der Waals surface area contributed by atoms with Crippen LogP contribution in [0.5, 0.6) is 0 Å². The largest absolute Gasteiger partial charge is 0.472 e. The van der Waals surface area contributed by atoms with Crippen molar-refractivity contribution in [1.82, 2.24) is 0 Å². The summed E-state index contributed by atoms with van der Waals surface area (Å²) in [6.07, 6.45) is 33.6. The molecular formula is C49H79O14P. The van der Waals surface area contributed by atoms with Gasteiger partial charge in [-0.15, -0.1) is 0 Å². The molecule has 0 aromatic rings. The molecule has 6 N–H and O–H groups in total. The summed E-state index contributed by atoms with van der Waals surface area (Å²) in [4.78, 5) is 35.8. The maximum absolute atomic E-state index is 12.8. The van der Waals surface area contributed by atoms with Gasteiger partial charge in [-0.2, -0.15) is 0 Å². The van der Waals surface area contributed by atoms with Crippen molar-refractivity contribution >= 4 is 19.8 Å². The zero-order valence-electron chi connectivity index (χ0n) is 38.2. The summed E-state index contributed by atoms with van der Waals surface area (Å²) in [5, 5.41) is 50.2. The molecule has 1 aliphatic carbocycles. The zero-order chi connectivity index (χ0) is 46.8. The Balaban J connectivity index is 1.75. The molecule has 14 nitrogen and oxygen atoms in total. The Hall–Kier alpha value is -3.01. The van der Waals surface area contributed by atoms with Gasteiger partial charge in [-0.25, -0.2) is 4.57 Å². The molecular weight excluding hydrogens is 843 g/mol. The molecule has 0 spiro atoms. The fourth-order valence-corrected chi connectivity index (χ4v) is 7.75. The van der Waals surface area contributed by atoms with Crippen molar-refractivity contribution in [2.24, 2.45) is 0 Å². The Morgan fingerprint density at radius 1 is 0.578 bits per heavy atom. The second-order valence-electron chi connectivity index (χ2n) is 16.3. The van der Waals surface area contributed by atoms with E-state index < -0.39 is 75.7 Å². The predicted octanol–water partition coefficient (Wildman–Crippen LogP) is 8.26. The molecule has 2 aliphatic rings. The Labute approximate surface area is 382 Å². The lowest BCUT2D eigenvalue weighted by Gasteiger charge is -2.41. The van der Waals surface area contributed by atoms with Gasteiger partial charge in [0.05, 0.1) is 18.8 Å². The van der Waals surface area contributed by atoms with Crippen molar-refractivity contribution in [1.29, 1.82) is 0 Å². The topological polar surface area (TPSA) is 222 Å². The number of aliphatic hydroxyl groups is 5. The standard InChI is InChI=1S/C49H79O14P/c1-3-5-7-9-11-13-15-17-18-19-20-21-23-25-27-29-31-35-43(51)61-39(38-60-64(57,58)63-49-47(55)45(53)44(52)46(54)48(49)56)37-59-42(50)36-32-34-41-40(62-41)33-30-28-26-24-22-16-14-12-10-8-6-4-2/h5,7,11-14,17-18,20-22,24,28,30,39-41,44-49,52-56H,3-4,6,8-10,15-16,19,23,25-27,29,31-38H2,1-2H3,(H,57,58)/b7-5-,13-11-,14-12-,18-17-,21-20-,24-22-,30-28-/t39-,40?,41?,44?,45-,46+,47-,48-,49?/m1/s1. The SMILES string of the molecule is CC/C=C\C/C=C\C/C=C\C/C=C\CCCCCCC(=O)O[C@H](COC(=O)CCCC1OC1C/C=C\C/C=C\C/C=C\CCCCC)COP(=O)(O)OC1[C@H](O)[C@H](O)C(O)[C@H](O)[C@H]1O. The van der Waals surface area contributed by atoms with Crippen LogP contribution < -0.4 is 0 Å². The highest BCUT2D eigenvalue weighted by Gasteiger charge is 2.51. The number of esters is 2. The Morgan fingerprint density at radius 3 is 1.66 bits per heavy atom. The van der Waals surface area contributed by atoms with E-state index in [2.05, 4.69) is 98.9 Å². The van der Waals surface area contributed by atoms with Crippen LogP contribution in [0.15, 0.2) is 85.1 Å². The summed E-state index contributed by atoms with van der Waals surface area (Å²) in [6.45, 7) is 3.06. The number of ether oxygens (including phenoxy) is 3. The molecule has 0 aromatic heterocycles. The summed E-state index contributed by atoms with van der Waals surface area (Å²) in [6, 6.07) is 0. The number of phosphoric acid groups is 1. The third-order valence-corrected chi connectivity index (χ3v) is 11.6. The number of carbonyl (C=O) groups is 2. The van der Waals surface area contributed by atoms with E-state index in [1.165, 1.54) is 19.3 Å². The minimum absolute atomic E-state index is 0.0472. The van der Waals surface area contributed by atoms with Crippen LogP contribution in [0.1, 0.15) is 142 Å². The van der Waals surface area contributed by atoms with Crippen LogP contribution in [0.3, 0.4) is 0 Å². The van der Waals surface area contributed by atoms with Crippen molar-refractivity contribution < 1.29 is 67.8 Å². The van der Waals surface area contributed by atoms with E-state index in [1.807, 2.05) is 0 Å². The minimum Gasteiger partial charge on any atom is -0.462 e. The molecule has 1 saturated heterocycles. The van der Waals surface area contributed by atoms with Gasteiger partial charge in [-0.05, 0) is 89.9 Å². The normalized spacial score (nSPS) is 25.5. The number of epoxide rings is 1. The van der Waals surface area contributed by atoms with E-state index in [1.54, 1.807) is 0 Å². The third kappa shape index (κ3) is 26.8. The second-order valence-corrected chi connectivity index (χ2v) is 17.7. The van der Waals surface area contributed by atoms with Gasteiger partial charge in [-0.3, -0.25) is 18.6 Å². The number of carbonyl (C=O) groups excluding carboxylic acids is 2. The van der Waals surface area contributed by atoms with E-state index in [0.29, 0.717) is 19.3 Å². The molecule has 1 aliphatic heterocycles. The number of phosphoric ester groups is 1. The highest BCUT2D eigenvalue weighted by molar-refractivity contribution is 7.47. The first-order valence-electron chi connectivity index (χ1n) is 23.5. The van der Waals surface area contributed by atoms with E-state index >= 15 is 0 Å². The average molecular weight is 923 g/mol. The van der Waals surface area contributed by atoms with Crippen LogP contribution in [0.25, 0.3) is 0 Å². The number of aliphatic hydroxyl groups excluding tert-OH is 5. The summed E-state index contributed by atoms with van der Waals surface area (Å²) < 4.78 is 39.3. The van der Waals surface area contributed by atoms with Crippen molar-refractivity contribution in [3.63, 3.8) is 0 Å². The van der Waals surface area contributed by atoms with Crippen LogP contribution in [0, 0.1) is 0 Å². The summed E-state index contributed by atoms with van der Waals surface area (Å²) in [5.41, 5.74) is 0. The fraction of sp³-hybridized carbons (Fsp3) is 0.673. The van der Waals surface area contributed by atoms with Crippen molar-refractivity contribution in [3.8, 4) is 0 Å². The van der Waals surface area contributed by atoms with Gasteiger partial charge in [0.25, 0.3) is 0 Å². The van der Waals surface area contributed by atoms with Crippen molar-refractivity contribution in [3.05, 3.63) is 85.1 Å². The fourth-order valence-electron chi connectivity index (χ4n) is 6.78. The van der Waals surface area contributed by atoms with Gasteiger partial charge in [0, 0.05) is 12.8 Å². The first-order chi connectivity index (χ1) is 30.9. The van der Waals surface area contributed by atoms with Gasteiger partial charge >= 0.3 is 19.8 Å². The number of allylic oxidation sites excluding steroid dienone is 13. The molecule has 10 atom stereocenters. The molecule has 0 bridgehead atoms. The van der Waals surface area contributed by atoms with Crippen LogP contribution >= 0.6 is 7.82 Å². The maximum Gasteiger partial charge on any atom is 0.472 e. The van der Waals surface area contributed by atoms with Crippen LogP contribution in [0.4, 0.5) is 0 Å². The Morgan fingerprint density at radius 2 is 1.08 bits per heavy atom. The van der Waals surface area contributed by atoms with E-state index in [4.69, 9.17) is 23.3 Å². The van der Waals surface area contributed by atoms with Gasteiger partial charge < -0.3 is 44.6 Å². The molecule has 1 saturated carbocycles. The van der Waals surface area contributed by atoms with E-state index in [0.717, 1.165) is 77.0 Å². The Kier molecular flexibility index (Phi) is 31.4. The smallest absolute Gasteiger partial charge is 0.462 e. The quantitative estimate of drug-likeness (QED) is 0.0115. The third-order valence-electron chi connectivity index (χ3n) is 10.6. The summed E-state index contributed by atoms with van der Waals surface area (Å²) in [7, 11) is -5.15. The molecule has 2 rings (SSSR count). The second kappa shape index (κ2) is 35.2. The summed E-state index contributed by atoms with van der Waals surface area (Å²) >= 11 is 0. The van der Waals surface area contributed by atoms with Gasteiger partial charge in [0.1, 0.15) is 43.2 Å². The van der Waals surface area contributed by atoms with E-state index in [9.17, 15) is 44.6 Å². The number of hydrogen-bond donors (Lipinski definition) is 6. The molecule has 5 unspecified atom stereocenters. The summed E-state index contributed by atoms with van der Waals surface area (Å²) in [5.74, 6) is -1.21. The number of unbranched alkanes of at least 4 members (excludes halogenated alkanes) is 7. The molecule has 0 radical (unpaired) electrons. The molecule has 1 heterocycles. The average Bonchev–Trinajstić information content (AvgIpc) is 4.03. The highest BCUT2D eigenvalue weighted by atomic mass is 31.2. The van der Waals surface area contributed by atoms with Gasteiger partial charge in [0.15, 0.2) is 6.10 Å². The lowest BCUT2D eigenvalue weighted by molar-refractivity contribution is -0.220. The van der Waals surface area contributed by atoms with Crippen molar-refractivity contribution in [2.45, 2.75) is 197 Å². The lowest BCUT2D eigenvalue weighted by atomic mass is 9.85. The maximum atomic E-state index is 12.8. The predicted molar refractivity (Wildman–Crippen MR) is 248 cm³/mol. The van der Waals surface area contributed by atoms with Gasteiger partial charge in [-0.1, -0.05) is 125 Å². The number of hydrogen-bond acceptors (Lipinski definition) is 13. The molecule has 0 amide bonds. The number of rotatable bonds is 36. The van der Waals surface area contributed by atoms with Crippen LogP contribution in [-0.4, -0.2) is 111 Å². The molecule has 364 valence electrons. The highest BCUT2D eigenvalue weighted by Crippen LogP contribution is 2.47. The van der Waals surface area contributed by atoms with E-state index in [-0.39, 0.29) is 25.0 Å². The monoisotopic (exact) mass is 923 g/mol. The molecule has 2 fully saturated rings. The van der Waals surface area contributed by atoms with Crippen LogP contribution in [-0.2, 0) is 37.4 Å². The molecule has 0 aromatic carbocycles. The molecule has 64 heavy (non-hydrogen) atoms. The first-order valence-corrected chi connectivity index (χ1v) is 25.0.